The number of rotatable bonds is 15. The SMILES string of the molecule is CCCCNC(=O)[C@H](Cc1ccccc1)N(Cc1cccc(Cl)c1)C(=O)CCCN(c1cc(C)cc(C)c1)S(C)(=O)=O. The average Bonchev–Trinajstić information content (AvgIpc) is 2.92. The van der Waals surface area contributed by atoms with Crippen LogP contribution < -0.4 is 9.62 Å². The fraction of sp³-hybridized carbons (Fsp3) is 0.394. The molecule has 9 heteroatoms. The highest BCUT2D eigenvalue weighted by molar-refractivity contribution is 7.92. The van der Waals surface area contributed by atoms with E-state index in [1.165, 1.54) is 10.6 Å². The number of nitrogens with zero attached hydrogens (tertiary/aromatic N) is 2. The molecule has 1 atom stereocenters. The molecule has 3 aromatic carbocycles. The summed E-state index contributed by atoms with van der Waals surface area (Å²) in [6.07, 6.45) is 3.67. The summed E-state index contributed by atoms with van der Waals surface area (Å²) in [6.45, 7) is 6.77. The number of sulfonamides is 1. The highest BCUT2D eigenvalue weighted by atomic mass is 35.5. The Morgan fingerprint density at radius 3 is 2.19 bits per heavy atom. The smallest absolute Gasteiger partial charge is 0.243 e. The average molecular weight is 612 g/mol. The number of halogens is 1. The lowest BCUT2D eigenvalue weighted by atomic mass is 10.0. The van der Waals surface area contributed by atoms with Crippen LogP contribution in [0.4, 0.5) is 5.69 Å². The summed E-state index contributed by atoms with van der Waals surface area (Å²) < 4.78 is 26.8. The molecule has 0 aliphatic heterocycles. The zero-order chi connectivity index (χ0) is 30.7. The topological polar surface area (TPSA) is 86.8 Å². The molecule has 0 spiro atoms. The van der Waals surface area contributed by atoms with Crippen LogP contribution in [0, 0.1) is 13.8 Å². The van der Waals surface area contributed by atoms with Crippen LogP contribution in [0.25, 0.3) is 0 Å². The van der Waals surface area contributed by atoms with Gasteiger partial charge < -0.3 is 10.2 Å². The van der Waals surface area contributed by atoms with Gasteiger partial charge >= 0.3 is 0 Å². The van der Waals surface area contributed by atoms with Crippen LogP contribution in [-0.2, 0) is 32.6 Å². The fourth-order valence-electron chi connectivity index (χ4n) is 4.99. The first-order valence-corrected chi connectivity index (χ1v) is 16.6. The van der Waals surface area contributed by atoms with Gasteiger partial charge in [0.15, 0.2) is 0 Å². The summed E-state index contributed by atoms with van der Waals surface area (Å²) in [5, 5.41) is 3.56. The van der Waals surface area contributed by atoms with E-state index in [1.54, 1.807) is 17.0 Å². The van der Waals surface area contributed by atoms with E-state index in [0.717, 1.165) is 35.1 Å². The highest BCUT2D eigenvalue weighted by Crippen LogP contribution is 2.23. The van der Waals surface area contributed by atoms with E-state index < -0.39 is 16.1 Å². The number of hydrogen-bond acceptors (Lipinski definition) is 4. The summed E-state index contributed by atoms with van der Waals surface area (Å²) in [4.78, 5) is 29.1. The zero-order valence-corrected chi connectivity index (χ0v) is 26.5. The van der Waals surface area contributed by atoms with Crippen molar-refractivity contribution in [3.63, 3.8) is 0 Å². The largest absolute Gasteiger partial charge is 0.354 e. The van der Waals surface area contributed by atoms with Crippen LogP contribution in [0.5, 0.6) is 0 Å². The summed E-state index contributed by atoms with van der Waals surface area (Å²) in [6, 6.07) is 21.8. The Bertz CT molecular complexity index is 1430. The number of nitrogens with one attached hydrogen (secondary N) is 1. The van der Waals surface area contributed by atoms with Crippen molar-refractivity contribution < 1.29 is 18.0 Å². The van der Waals surface area contributed by atoms with Gasteiger partial charge in [0.2, 0.25) is 21.8 Å². The lowest BCUT2D eigenvalue weighted by molar-refractivity contribution is -0.141. The number of amides is 2. The van der Waals surface area contributed by atoms with Gasteiger partial charge in [-0.15, -0.1) is 0 Å². The first kappa shape index (κ1) is 33.1. The molecule has 0 fully saturated rings. The van der Waals surface area contributed by atoms with E-state index in [1.807, 2.05) is 74.5 Å². The lowest BCUT2D eigenvalue weighted by Gasteiger charge is -2.32. The number of hydrogen-bond donors (Lipinski definition) is 1. The third kappa shape index (κ3) is 10.2. The summed E-state index contributed by atoms with van der Waals surface area (Å²) >= 11 is 6.26. The quantitative estimate of drug-likeness (QED) is 0.212. The molecule has 0 heterocycles. The third-order valence-electron chi connectivity index (χ3n) is 6.99. The second-order valence-electron chi connectivity index (χ2n) is 10.8. The van der Waals surface area contributed by atoms with Gasteiger partial charge in [-0.05, 0) is 73.2 Å². The van der Waals surface area contributed by atoms with Crippen molar-refractivity contribution in [2.45, 2.75) is 65.5 Å². The lowest BCUT2D eigenvalue weighted by Crippen LogP contribution is -2.50. The van der Waals surface area contributed by atoms with Crippen molar-refractivity contribution in [2.75, 3.05) is 23.7 Å². The number of carbonyl (C=O) groups is 2. The second-order valence-corrected chi connectivity index (χ2v) is 13.1. The number of anilines is 1. The van der Waals surface area contributed by atoms with Crippen molar-refractivity contribution in [1.29, 1.82) is 0 Å². The maximum Gasteiger partial charge on any atom is 0.243 e. The van der Waals surface area contributed by atoms with Crippen molar-refractivity contribution in [2.24, 2.45) is 0 Å². The Labute approximate surface area is 255 Å². The standard InChI is InChI=1S/C33H42ClN3O4S/c1-5-6-17-35-33(39)31(23-27-12-8-7-9-13-27)36(24-28-14-10-15-29(34)22-28)32(38)16-11-18-37(42(4,40)41)30-20-25(2)19-26(3)21-30/h7-10,12-15,19-22,31H,5-6,11,16-18,23-24H2,1-4H3,(H,35,39)/t31-/m0/s1. The monoisotopic (exact) mass is 611 g/mol. The molecule has 3 aromatic rings. The van der Waals surface area contributed by atoms with E-state index in [9.17, 15) is 18.0 Å². The van der Waals surface area contributed by atoms with E-state index in [-0.39, 0.29) is 31.3 Å². The van der Waals surface area contributed by atoms with E-state index in [0.29, 0.717) is 30.1 Å². The van der Waals surface area contributed by atoms with Gasteiger partial charge in [0, 0.05) is 37.5 Å². The molecule has 0 aliphatic carbocycles. The molecule has 0 unspecified atom stereocenters. The minimum absolute atomic E-state index is 0.0743. The number of unbranched alkanes of at least 4 members (excludes halogenated alkanes) is 1. The summed E-state index contributed by atoms with van der Waals surface area (Å²) in [5.74, 6) is -0.439. The molecular weight excluding hydrogens is 570 g/mol. The van der Waals surface area contributed by atoms with Gasteiger partial charge in [0.05, 0.1) is 11.9 Å². The van der Waals surface area contributed by atoms with Gasteiger partial charge in [-0.3, -0.25) is 13.9 Å². The minimum Gasteiger partial charge on any atom is -0.354 e. The predicted molar refractivity (Wildman–Crippen MR) is 171 cm³/mol. The van der Waals surface area contributed by atoms with Crippen LogP contribution in [0.2, 0.25) is 5.02 Å². The van der Waals surface area contributed by atoms with Crippen molar-refractivity contribution >= 4 is 39.1 Å². The van der Waals surface area contributed by atoms with Crippen LogP contribution >= 0.6 is 11.6 Å². The maximum absolute atomic E-state index is 13.9. The number of carbonyl (C=O) groups excluding carboxylic acids is 2. The third-order valence-corrected chi connectivity index (χ3v) is 8.42. The highest BCUT2D eigenvalue weighted by Gasteiger charge is 2.30. The molecule has 0 aliphatic rings. The van der Waals surface area contributed by atoms with Gasteiger partial charge in [-0.1, -0.05) is 73.5 Å². The van der Waals surface area contributed by atoms with Crippen molar-refractivity contribution in [3.8, 4) is 0 Å². The molecule has 7 nitrogen and oxygen atoms in total. The molecule has 0 radical (unpaired) electrons. The Balaban J connectivity index is 1.88. The van der Waals surface area contributed by atoms with Crippen molar-refractivity contribution in [1.82, 2.24) is 10.2 Å². The van der Waals surface area contributed by atoms with E-state index >= 15 is 0 Å². The van der Waals surface area contributed by atoms with Gasteiger partial charge in [0.1, 0.15) is 6.04 Å². The molecule has 0 saturated carbocycles. The maximum atomic E-state index is 13.9. The van der Waals surface area contributed by atoms with Crippen LogP contribution in [0.1, 0.15) is 54.9 Å². The first-order chi connectivity index (χ1) is 20.0. The Hall–Kier alpha value is -3.36. The second kappa shape index (κ2) is 15.8. The Kier molecular flexibility index (Phi) is 12.4. The molecule has 0 aromatic heterocycles. The molecule has 1 N–H and O–H groups in total. The first-order valence-electron chi connectivity index (χ1n) is 14.4. The van der Waals surface area contributed by atoms with Crippen molar-refractivity contribution in [3.05, 3.63) is 100 Å². The Morgan fingerprint density at radius 2 is 1.57 bits per heavy atom. The minimum atomic E-state index is -3.58. The van der Waals surface area contributed by atoms with Crippen LogP contribution in [0.3, 0.4) is 0 Å². The molecule has 2 amide bonds. The molecule has 226 valence electrons. The van der Waals surface area contributed by atoms with Gasteiger partial charge in [-0.2, -0.15) is 0 Å². The zero-order valence-electron chi connectivity index (χ0n) is 25.0. The normalized spacial score (nSPS) is 12.0. The molecule has 3 rings (SSSR count). The number of aryl methyl sites for hydroxylation is 2. The predicted octanol–water partition coefficient (Wildman–Crippen LogP) is 6.06. The van der Waals surface area contributed by atoms with Crippen LogP contribution in [-0.4, -0.2) is 50.5 Å². The van der Waals surface area contributed by atoms with E-state index in [2.05, 4.69) is 12.2 Å². The van der Waals surface area contributed by atoms with E-state index in [4.69, 9.17) is 11.6 Å². The molecule has 0 bridgehead atoms. The number of benzene rings is 3. The summed E-state index contributed by atoms with van der Waals surface area (Å²) in [5.41, 5.74) is 4.24. The van der Waals surface area contributed by atoms with Gasteiger partial charge in [-0.25, -0.2) is 8.42 Å². The fourth-order valence-corrected chi connectivity index (χ4v) is 6.15. The molecule has 42 heavy (non-hydrogen) atoms. The molecule has 0 saturated heterocycles. The van der Waals surface area contributed by atoms with Gasteiger partial charge in [0.25, 0.3) is 0 Å². The summed E-state index contributed by atoms with van der Waals surface area (Å²) in [7, 11) is -3.58. The molecular formula is C33H42ClN3O4S. The van der Waals surface area contributed by atoms with Crippen LogP contribution in [0.15, 0.2) is 72.8 Å². The Morgan fingerprint density at radius 1 is 0.905 bits per heavy atom.